The van der Waals surface area contributed by atoms with E-state index in [1.807, 2.05) is 50.2 Å². The van der Waals surface area contributed by atoms with Gasteiger partial charge >= 0.3 is 0 Å². The molecule has 2 aromatic carbocycles. The molecule has 0 amide bonds. The first-order chi connectivity index (χ1) is 13.0. The van der Waals surface area contributed by atoms with Crippen LogP contribution in [0.25, 0.3) is 5.69 Å². The van der Waals surface area contributed by atoms with E-state index in [2.05, 4.69) is 11.2 Å². The fourth-order valence-electron chi connectivity index (χ4n) is 3.39. The summed E-state index contributed by atoms with van der Waals surface area (Å²) in [6, 6.07) is 17.6. The highest BCUT2D eigenvalue weighted by Crippen LogP contribution is 2.44. The molecule has 134 valence electrons. The molecule has 0 saturated heterocycles. The highest BCUT2D eigenvalue weighted by molar-refractivity contribution is 6.30. The van der Waals surface area contributed by atoms with E-state index >= 15 is 0 Å². The van der Waals surface area contributed by atoms with E-state index in [9.17, 15) is 5.26 Å². The second kappa shape index (κ2) is 6.49. The molecule has 6 heteroatoms. The first-order valence-corrected chi connectivity index (χ1v) is 8.87. The molecule has 0 spiro atoms. The number of hydrogen-bond donors (Lipinski definition) is 1. The number of nitrogens with two attached hydrogens (primary N) is 1. The Labute approximate surface area is 162 Å². The molecule has 2 heterocycles. The predicted octanol–water partition coefficient (Wildman–Crippen LogP) is 4.36. The second-order valence-electron chi connectivity index (χ2n) is 6.53. The van der Waals surface area contributed by atoms with Crippen molar-refractivity contribution in [3.05, 3.63) is 87.4 Å². The number of aromatic nitrogens is 2. The molecule has 5 nitrogen and oxygen atoms in total. The van der Waals surface area contributed by atoms with Crippen LogP contribution in [0.2, 0.25) is 5.02 Å². The van der Waals surface area contributed by atoms with E-state index in [4.69, 9.17) is 22.1 Å². The van der Waals surface area contributed by atoms with E-state index in [0.29, 0.717) is 16.5 Å². The molecule has 1 aromatic heterocycles. The summed E-state index contributed by atoms with van der Waals surface area (Å²) in [7, 11) is 0. The molecule has 4 rings (SSSR count). The van der Waals surface area contributed by atoms with Crippen LogP contribution in [0.4, 0.5) is 0 Å². The summed E-state index contributed by atoms with van der Waals surface area (Å²) in [5.74, 6) is 0.280. The summed E-state index contributed by atoms with van der Waals surface area (Å²) in [5.41, 5.74) is 11.0. The molecule has 0 radical (unpaired) electrons. The molecule has 0 unspecified atom stereocenters. The third kappa shape index (κ3) is 2.84. The number of benzene rings is 2. The predicted molar refractivity (Wildman–Crippen MR) is 104 cm³/mol. The molecule has 1 atom stereocenters. The molecule has 1 aliphatic rings. The topological polar surface area (TPSA) is 76.9 Å². The number of rotatable bonds is 2. The number of nitrogens with zero attached hydrogens (tertiary/aromatic N) is 3. The Kier molecular flexibility index (Phi) is 4.14. The van der Waals surface area contributed by atoms with Gasteiger partial charge in [0.25, 0.3) is 0 Å². The normalized spacial score (nSPS) is 15.9. The zero-order valence-corrected chi connectivity index (χ0v) is 15.7. The van der Waals surface area contributed by atoms with Crippen LogP contribution < -0.4 is 10.5 Å². The van der Waals surface area contributed by atoms with Crippen molar-refractivity contribution in [2.45, 2.75) is 19.8 Å². The SMILES string of the molecule is Cc1ccc([C@H]2C(C#N)=C(N)Oc3c2c(C)nn3-c2cccc(Cl)c2)cc1. The molecular formula is C21H17ClN4O. The number of aryl methyl sites for hydroxylation is 2. The van der Waals surface area contributed by atoms with Gasteiger partial charge in [-0.2, -0.15) is 10.4 Å². The van der Waals surface area contributed by atoms with Gasteiger partial charge in [0.15, 0.2) is 0 Å². The number of halogens is 1. The minimum absolute atomic E-state index is 0.0961. The van der Waals surface area contributed by atoms with Gasteiger partial charge in [0, 0.05) is 5.02 Å². The van der Waals surface area contributed by atoms with Gasteiger partial charge in [0.1, 0.15) is 11.6 Å². The summed E-state index contributed by atoms with van der Waals surface area (Å²) in [5, 5.41) is 15.0. The second-order valence-corrected chi connectivity index (χ2v) is 6.97. The van der Waals surface area contributed by atoms with Crippen LogP contribution in [0.15, 0.2) is 60.0 Å². The summed E-state index contributed by atoms with van der Waals surface area (Å²) in [6.45, 7) is 3.93. The lowest BCUT2D eigenvalue weighted by Crippen LogP contribution is -2.22. The average molecular weight is 377 g/mol. The minimum atomic E-state index is -0.327. The van der Waals surface area contributed by atoms with Gasteiger partial charge < -0.3 is 10.5 Å². The van der Waals surface area contributed by atoms with E-state index in [-0.39, 0.29) is 11.8 Å². The fourth-order valence-corrected chi connectivity index (χ4v) is 3.57. The van der Waals surface area contributed by atoms with Crippen molar-refractivity contribution in [3.8, 4) is 17.6 Å². The zero-order valence-electron chi connectivity index (χ0n) is 14.9. The summed E-state index contributed by atoms with van der Waals surface area (Å²) in [4.78, 5) is 0. The fraction of sp³-hybridized carbons (Fsp3) is 0.143. The molecule has 1 aliphatic heterocycles. The van der Waals surface area contributed by atoms with E-state index in [0.717, 1.165) is 28.1 Å². The van der Waals surface area contributed by atoms with E-state index in [1.165, 1.54) is 0 Å². The number of hydrogen-bond acceptors (Lipinski definition) is 4. The van der Waals surface area contributed by atoms with Crippen molar-refractivity contribution >= 4 is 11.6 Å². The van der Waals surface area contributed by atoms with Crippen LogP contribution in [-0.2, 0) is 0 Å². The quantitative estimate of drug-likeness (QED) is 0.720. The lowest BCUT2D eigenvalue weighted by molar-refractivity contribution is 0.367. The van der Waals surface area contributed by atoms with Crippen molar-refractivity contribution in [2.75, 3.05) is 0 Å². The van der Waals surface area contributed by atoms with Crippen LogP contribution in [0.3, 0.4) is 0 Å². The molecule has 0 fully saturated rings. The summed E-state index contributed by atoms with van der Waals surface area (Å²) in [6.07, 6.45) is 0. The molecule has 27 heavy (non-hydrogen) atoms. The monoisotopic (exact) mass is 376 g/mol. The number of fused-ring (bicyclic) bond motifs is 1. The Balaban J connectivity index is 1.95. The van der Waals surface area contributed by atoms with Crippen LogP contribution in [0, 0.1) is 25.2 Å². The smallest absolute Gasteiger partial charge is 0.229 e. The Bertz CT molecular complexity index is 1110. The van der Waals surface area contributed by atoms with Gasteiger partial charge in [0.2, 0.25) is 11.8 Å². The maximum absolute atomic E-state index is 9.71. The average Bonchev–Trinajstić information content (AvgIpc) is 2.97. The number of allylic oxidation sites excluding steroid dienone is 1. The lowest BCUT2D eigenvalue weighted by Gasteiger charge is -2.25. The lowest BCUT2D eigenvalue weighted by atomic mass is 9.84. The van der Waals surface area contributed by atoms with Gasteiger partial charge in [-0.25, -0.2) is 4.68 Å². The van der Waals surface area contributed by atoms with Gasteiger partial charge in [-0.3, -0.25) is 0 Å². The molecular weight excluding hydrogens is 360 g/mol. The molecule has 0 bridgehead atoms. The molecule has 0 saturated carbocycles. The van der Waals surface area contributed by atoms with Crippen LogP contribution in [0.1, 0.15) is 28.3 Å². The third-order valence-corrected chi connectivity index (χ3v) is 4.93. The number of ether oxygens (including phenoxy) is 1. The van der Waals surface area contributed by atoms with Crippen molar-refractivity contribution < 1.29 is 4.74 Å². The van der Waals surface area contributed by atoms with Crippen LogP contribution in [0.5, 0.6) is 5.88 Å². The summed E-state index contributed by atoms with van der Waals surface area (Å²) < 4.78 is 7.53. The van der Waals surface area contributed by atoms with Gasteiger partial charge in [-0.1, -0.05) is 47.5 Å². The van der Waals surface area contributed by atoms with Crippen LogP contribution in [-0.4, -0.2) is 9.78 Å². The third-order valence-electron chi connectivity index (χ3n) is 4.70. The number of nitriles is 1. The Morgan fingerprint density at radius 3 is 2.59 bits per heavy atom. The Morgan fingerprint density at radius 2 is 1.93 bits per heavy atom. The van der Waals surface area contributed by atoms with Crippen molar-refractivity contribution in [3.63, 3.8) is 0 Å². The standard InChI is InChI=1S/C21H17ClN4O/c1-12-6-8-14(9-7-12)19-17(11-23)20(24)27-21-18(19)13(2)25-26(21)16-5-3-4-15(22)10-16/h3-10,19H,24H2,1-2H3/t19-/m0/s1. The van der Waals surface area contributed by atoms with E-state index < -0.39 is 0 Å². The van der Waals surface area contributed by atoms with Crippen molar-refractivity contribution in [1.82, 2.24) is 9.78 Å². The highest BCUT2D eigenvalue weighted by Gasteiger charge is 2.36. The van der Waals surface area contributed by atoms with Gasteiger partial charge in [-0.05, 0) is 37.6 Å². The van der Waals surface area contributed by atoms with E-state index in [1.54, 1.807) is 16.8 Å². The van der Waals surface area contributed by atoms with Gasteiger partial charge in [0.05, 0.1) is 22.9 Å². The zero-order chi connectivity index (χ0) is 19.1. The van der Waals surface area contributed by atoms with Crippen LogP contribution >= 0.6 is 11.6 Å². The maximum Gasteiger partial charge on any atom is 0.229 e. The highest BCUT2D eigenvalue weighted by atomic mass is 35.5. The van der Waals surface area contributed by atoms with Crippen molar-refractivity contribution in [1.29, 1.82) is 5.26 Å². The molecule has 3 aromatic rings. The molecule has 2 N–H and O–H groups in total. The molecule has 0 aliphatic carbocycles. The minimum Gasteiger partial charge on any atom is -0.422 e. The Morgan fingerprint density at radius 1 is 1.19 bits per heavy atom. The first-order valence-electron chi connectivity index (χ1n) is 8.49. The van der Waals surface area contributed by atoms with Crippen molar-refractivity contribution in [2.24, 2.45) is 5.73 Å². The summed E-state index contributed by atoms with van der Waals surface area (Å²) >= 11 is 6.14. The largest absolute Gasteiger partial charge is 0.422 e. The van der Waals surface area contributed by atoms with Gasteiger partial charge in [-0.15, -0.1) is 0 Å². The first kappa shape index (κ1) is 17.2. The maximum atomic E-state index is 9.71. The Hall–Kier alpha value is -3.23.